The maximum atomic E-state index is 14.5. The van der Waals surface area contributed by atoms with Gasteiger partial charge in [0.1, 0.15) is 18.3 Å². The standard InChI is InChI=1S/C35H37BrClN3O5S/c1-4-45-30-18-16-29(17-19-30)40(46(43,44)31-20-14-28(36)15-21-31)24-34(41)39(23-27-12-8-9-13-32(27)37)33(35(42)38-25(2)3)22-26-10-6-5-7-11-26/h5-21,25,33H,4,22-24H2,1-3H3,(H,38,42)/t33-/m1/s1. The fourth-order valence-corrected chi connectivity index (χ4v) is 6.76. The summed E-state index contributed by atoms with van der Waals surface area (Å²) in [5.41, 5.74) is 1.73. The first-order valence-electron chi connectivity index (χ1n) is 14.9. The highest BCUT2D eigenvalue weighted by atomic mass is 79.9. The van der Waals surface area contributed by atoms with Gasteiger partial charge in [-0.05, 0) is 86.5 Å². The molecule has 4 aromatic carbocycles. The molecular formula is C35H37BrClN3O5S. The summed E-state index contributed by atoms with van der Waals surface area (Å²) in [5.74, 6) is -0.371. The van der Waals surface area contributed by atoms with Gasteiger partial charge in [0.2, 0.25) is 11.8 Å². The molecular weight excluding hydrogens is 690 g/mol. The minimum Gasteiger partial charge on any atom is -0.494 e. The zero-order valence-electron chi connectivity index (χ0n) is 25.9. The normalized spacial score (nSPS) is 12.0. The van der Waals surface area contributed by atoms with Crippen molar-refractivity contribution in [2.75, 3.05) is 17.5 Å². The minimum absolute atomic E-state index is 0.00780. The van der Waals surface area contributed by atoms with E-state index in [2.05, 4.69) is 21.2 Å². The Morgan fingerprint density at radius 2 is 1.52 bits per heavy atom. The van der Waals surface area contributed by atoms with Gasteiger partial charge in [0.25, 0.3) is 10.0 Å². The van der Waals surface area contributed by atoms with Gasteiger partial charge < -0.3 is 15.0 Å². The maximum absolute atomic E-state index is 14.5. The number of nitrogens with one attached hydrogen (secondary N) is 1. The molecule has 4 rings (SSSR count). The van der Waals surface area contributed by atoms with Crippen LogP contribution in [0.25, 0.3) is 0 Å². The summed E-state index contributed by atoms with van der Waals surface area (Å²) in [6, 6.07) is 28.0. The molecule has 0 aliphatic rings. The van der Waals surface area contributed by atoms with Crippen molar-refractivity contribution >= 4 is 55.1 Å². The molecule has 0 unspecified atom stereocenters. The molecule has 242 valence electrons. The topological polar surface area (TPSA) is 96.0 Å². The van der Waals surface area contributed by atoms with Crippen molar-refractivity contribution in [3.05, 3.63) is 124 Å². The van der Waals surface area contributed by atoms with Crippen LogP contribution in [0, 0.1) is 0 Å². The van der Waals surface area contributed by atoms with Gasteiger partial charge in [-0.25, -0.2) is 8.42 Å². The molecule has 1 atom stereocenters. The lowest BCUT2D eigenvalue weighted by Crippen LogP contribution is -2.54. The zero-order valence-corrected chi connectivity index (χ0v) is 29.1. The molecule has 8 nitrogen and oxygen atoms in total. The molecule has 0 heterocycles. The van der Waals surface area contributed by atoms with Gasteiger partial charge in [0.15, 0.2) is 0 Å². The number of carbonyl (C=O) groups excluding carboxylic acids is 2. The molecule has 4 aromatic rings. The fourth-order valence-electron chi connectivity index (χ4n) is 4.88. The first kappa shape index (κ1) is 35.0. The van der Waals surface area contributed by atoms with Crippen molar-refractivity contribution in [3.63, 3.8) is 0 Å². The number of hydrogen-bond acceptors (Lipinski definition) is 5. The van der Waals surface area contributed by atoms with Crippen LogP contribution in [0.3, 0.4) is 0 Å². The highest BCUT2D eigenvalue weighted by Gasteiger charge is 2.35. The molecule has 11 heteroatoms. The smallest absolute Gasteiger partial charge is 0.264 e. The van der Waals surface area contributed by atoms with Gasteiger partial charge in [0, 0.05) is 28.5 Å². The lowest BCUT2D eigenvalue weighted by molar-refractivity contribution is -0.140. The highest BCUT2D eigenvalue weighted by Crippen LogP contribution is 2.28. The highest BCUT2D eigenvalue weighted by molar-refractivity contribution is 9.10. The Hall–Kier alpha value is -3.86. The summed E-state index contributed by atoms with van der Waals surface area (Å²) in [7, 11) is -4.23. The Bertz CT molecular complexity index is 1720. The molecule has 0 spiro atoms. The molecule has 46 heavy (non-hydrogen) atoms. The van der Waals surface area contributed by atoms with Crippen molar-refractivity contribution in [2.24, 2.45) is 0 Å². The minimum atomic E-state index is -4.23. The third-order valence-electron chi connectivity index (χ3n) is 7.12. The van der Waals surface area contributed by atoms with E-state index >= 15 is 0 Å². The Kier molecular flexibility index (Phi) is 12.3. The number of ether oxygens (including phenoxy) is 1. The molecule has 0 aliphatic heterocycles. The summed E-state index contributed by atoms with van der Waals surface area (Å²) in [4.78, 5) is 29.8. The van der Waals surface area contributed by atoms with Gasteiger partial charge in [0.05, 0.1) is 17.2 Å². The predicted molar refractivity (Wildman–Crippen MR) is 185 cm³/mol. The maximum Gasteiger partial charge on any atom is 0.264 e. The van der Waals surface area contributed by atoms with Crippen LogP contribution >= 0.6 is 27.5 Å². The van der Waals surface area contributed by atoms with Crippen LogP contribution in [0.2, 0.25) is 5.02 Å². The molecule has 0 fully saturated rings. The number of hydrogen-bond donors (Lipinski definition) is 1. The summed E-state index contributed by atoms with van der Waals surface area (Å²) >= 11 is 9.90. The van der Waals surface area contributed by atoms with Crippen LogP contribution in [0.5, 0.6) is 5.75 Å². The third kappa shape index (κ3) is 9.11. The number of rotatable bonds is 14. The molecule has 0 saturated heterocycles. The van der Waals surface area contributed by atoms with Gasteiger partial charge in [-0.1, -0.05) is 76.1 Å². The van der Waals surface area contributed by atoms with E-state index in [1.807, 2.05) is 51.1 Å². The molecule has 2 amide bonds. The fraction of sp³-hybridized carbons (Fsp3) is 0.257. The van der Waals surface area contributed by atoms with E-state index in [0.29, 0.717) is 27.4 Å². The molecule has 0 aromatic heterocycles. The number of benzene rings is 4. The monoisotopic (exact) mass is 725 g/mol. The second kappa shape index (κ2) is 16.1. The van der Waals surface area contributed by atoms with E-state index in [9.17, 15) is 18.0 Å². The van der Waals surface area contributed by atoms with E-state index in [-0.39, 0.29) is 35.5 Å². The van der Waals surface area contributed by atoms with Gasteiger partial charge in [-0.2, -0.15) is 0 Å². The Morgan fingerprint density at radius 3 is 2.13 bits per heavy atom. The molecule has 0 bridgehead atoms. The Labute approximate surface area is 284 Å². The van der Waals surface area contributed by atoms with Gasteiger partial charge in [-0.15, -0.1) is 0 Å². The first-order valence-corrected chi connectivity index (χ1v) is 17.5. The van der Waals surface area contributed by atoms with Crippen molar-refractivity contribution in [2.45, 2.75) is 50.7 Å². The SMILES string of the molecule is CCOc1ccc(N(CC(=O)N(Cc2ccccc2Cl)[C@H](Cc2ccccc2)C(=O)NC(C)C)S(=O)(=O)c2ccc(Br)cc2)cc1. The van der Waals surface area contributed by atoms with E-state index in [1.165, 1.54) is 17.0 Å². The first-order chi connectivity index (χ1) is 22.0. The van der Waals surface area contributed by atoms with Crippen molar-refractivity contribution in [1.82, 2.24) is 10.2 Å². The lowest BCUT2D eigenvalue weighted by Gasteiger charge is -2.34. The lowest BCUT2D eigenvalue weighted by atomic mass is 10.0. The van der Waals surface area contributed by atoms with E-state index in [0.717, 1.165) is 9.87 Å². The average molecular weight is 727 g/mol. The summed E-state index contributed by atoms with van der Waals surface area (Å²) in [6.45, 7) is 5.39. The van der Waals surface area contributed by atoms with Crippen LogP contribution < -0.4 is 14.4 Å². The average Bonchev–Trinajstić information content (AvgIpc) is 3.03. The summed E-state index contributed by atoms with van der Waals surface area (Å²) < 4.78 is 35.7. The van der Waals surface area contributed by atoms with Crippen LogP contribution in [-0.2, 0) is 32.6 Å². The number of carbonyl (C=O) groups is 2. The Morgan fingerprint density at radius 1 is 0.891 bits per heavy atom. The Balaban J connectivity index is 1.81. The van der Waals surface area contributed by atoms with Crippen LogP contribution in [-0.4, -0.2) is 50.4 Å². The quantitative estimate of drug-likeness (QED) is 0.153. The number of amides is 2. The van der Waals surface area contributed by atoms with Crippen LogP contribution in [0.15, 0.2) is 112 Å². The molecule has 1 N–H and O–H groups in total. The van der Waals surface area contributed by atoms with Gasteiger partial charge in [-0.3, -0.25) is 13.9 Å². The van der Waals surface area contributed by atoms with Crippen LogP contribution in [0.1, 0.15) is 31.9 Å². The van der Waals surface area contributed by atoms with Crippen LogP contribution in [0.4, 0.5) is 5.69 Å². The zero-order chi connectivity index (χ0) is 33.3. The number of halogens is 2. The van der Waals surface area contributed by atoms with Crippen molar-refractivity contribution < 1.29 is 22.7 Å². The largest absolute Gasteiger partial charge is 0.494 e. The van der Waals surface area contributed by atoms with E-state index in [1.54, 1.807) is 60.7 Å². The number of nitrogens with zero attached hydrogens (tertiary/aromatic N) is 2. The summed E-state index contributed by atoms with van der Waals surface area (Å²) in [6.07, 6.45) is 0.206. The van der Waals surface area contributed by atoms with Gasteiger partial charge >= 0.3 is 0 Å². The third-order valence-corrected chi connectivity index (χ3v) is 9.80. The number of sulfonamides is 1. The summed E-state index contributed by atoms with van der Waals surface area (Å²) in [5, 5.41) is 3.37. The molecule has 0 aliphatic carbocycles. The van der Waals surface area contributed by atoms with Crippen molar-refractivity contribution in [3.8, 4) is 5.75 Å². The second-order valence-corrected chi connectivity index (χ2v) is 14.1. The predicted octanol–water partition coefficient (Wildman–Crippen LogP) is 6.86. The van der Waals surface area contributed by atoms with E-state index in [4.69, 9.17) is 16.3 Å². The number of anilines is 1. The van der Waals surface area contributed by atoms with Crippen molar-refractivity contribution in [1.29, 1.82) is 0 Å². The van der Waals surface area contributed by atoms with E-state index < -0.39 is 28.5 Å². The molecule has 0 saturated carbocycles. The molecule has 0 radical (unpaired) electrons. The second-order valence-electron chi connectivity index (χ2n) is 10.9.